The fourth-order valence-corrected chi connectivity index (χ4v) is 5.06. The number of carbonyl (C=O) groups excluding carboxylic acids is 1. The van der Waals surface area contributed by atoms with Gasteiger partial charge in [-0.3, -0.25) is 4.79 Å². The number of rotatable bonds is 30. The standard InChI is InChI=1S/C35H67NO4/c1-3-5-7-9-11-13-15-16-17-18-19-21-23-25-27-29-34(39)33(31-37)36-35(40)30-32(38)28-26-24-22-20-14-12-10-8-6-4-2/h19,21,27,29,32-34,37-39H,3-18,20,22-26,28,30-31H2,1-2H3,(H,36,40)/b21-19+,29-27+. The van der Waals surface area contributed by atoms with Crippen LogP contribution in [0, 0.1) is 0 Å². The van der Waals surface area contributed by atoms with Gasteiger partial charge in [0.1, 0.15) is 0 Å². The molecule has 3 atom stereocenters. The number of carbonyl (C=O) groups is 1. The largest absolute Gasteiger partial charge is 0.394 e. The minimum atomic E-state index is -0.945. The van der Waals surface area contributed by atoms with E-state index in [0.717, 1.165) is 32.1 Å². The van der Waals surface area contributed by atoms with E-state index in [9.17, 15) is 20.1 Å². The molecule has 5 heteroatoms. The summed E-state index contributed by atoms with van der Waals surface area (Å²) in [5.41, 5.74) is 0. The average molecular weight is 566 g/mol. The molecule has 0 heterocycles. The molecule has 0 aromatic carbocycles. The maximum atomic E-state index is 12.3. The summed E-state index contributed by atoms with van der Waals surface area (Å²) in [4.78, 5) is 12.3. The molecule has 4 N–H and O–H groups in total. The monoisotopic (exact) mass is 566 g/mol. The lowest BCUT2D eigenvalue weighted by atomic mass is 10.0. The average Bonchev–Trinajstić information content (AvgIpc) is 2.94. The Kier molecular flexibility index (Phi) is 29.9. The van der Waals surface area contributed by atoms with Gasteiger partial charge in [-0.15, -0.1) is 0 Å². The molecule has 0 aliphatic carbocycles. The molecule has 0 aromatic rings. The quantitative estimate of drug-likeness (QED) is 0.0518. The second kappa shape index (κ2) is 30.8. The van der Waals surface area contributed by atoms with Gasteiger partial charge in [0.15, 0.2) is 0 Å². The third-order valence-corrected chi connectivity index (χ3v) is 7.74. The van der Waals surface area contributed by atoms with Gasteiger partial charge in [-0.25, -0.2) is 0 Å². The van der Waals surface area contributed by atoms with Crippen LogP contribution in [0.15, 0.2) is 24.3 Å². The highest BCUT2D eigenvalue weighted by Crippen LogP contribution is 2.13. The highest BCUT2D eigenvalue weighted by molar-refractivity contribution is 5.76. The Bertz CT molecular complexity index is 592. The summed E-state index contributed by atoms with van der Waals surface area (Å²) >= 11 is 0. The van der Waals surface area contributed by atoms with E-state index in [2.05, 4.69) is 31.3 Å². The van der Waals surface area contributed by atoms with Gasteiger partial charge in [0.25, 0.3) is 0 Å². The molecule has 40 heavy (non-hydrogen) atoms. The van der Waals surface area contributed by atoms with Crippen LogP contribution in [0.4, 0.5) is 0 Å². The molecule has 0 fully saturated rings. The number of unbranched alkanes of at least 4 members (excludes halogenated alkanes) is 19. The van der Waals surface area contributed by atoms with Crippen LogP contribution < -0.4 is 5.32 Å². The van der Waals surface area contributed by atoms with Crippen molar-refractivity contribution in [2.75, 3.05) is 6.61 Å². The molecule has 0 aliphatic heterocycles. The van der Waals surface area contributed by atoms with Gasteiger partial charge in [-0.2, -0.15) is 0 Å². The van der Waals surface area contributed by atoms with Gasteiger partial charge in [-0.1, -0.05) is 154 Å². The van der Waals surface area contributed by atoms with Gasteiger partial charge in [0.2, 0.25) is 5.91 Å². The van der Waals surface area contributed by atoms with Crippen LogP contribution in [0.5, 0.6) is 0 Å². The Morgan fingerprint density at radius 2 is 1.07 bits per heavy atom. The zero-order chi connectivity index (χ0) is 29.5. The Balaban J connectivity index is 3.82. The summed E-state index contributed by atoms with van der Waals surface area (Å²) in [6.45, 7) is 4.16. The molecule has 0 rings (SSSR count). The van der Waals surface area contributed by atoms with Gasteiger partial charge < -0.3 is 20.6 Å². The lowest BCUT2D eigenvalue weighted by Crippen LogP contribution is -2.45. The van der Waals surface area contributed by atoms with Crippen molar-refractivity contribution in [3.05, 3.63) is 24.3 Å². The second-order valence-corrected chi connectivity index (χ2v) is 11.8. The maximum absolute atomic E-state index is 12.3. The number of aliphatic hydroxyl groups is 3. The van der Waals surface area contributed by atoms with Crippen molar-refractivity contribution < 1.29 is 20.1 Å². The smallest absolute Gasteiger partial charge is 0.222 e. The van der Waals surface area contributed by atoms with Crippen LogP contribution in [0.2, 0.25) is 0 Å². The second-order valence-electron chi connectivity index (χ2n) is 11.8. The van der Waals surface area contributed by atoms with Crippen molar-refractivity contribution in [1.29, 1.82) is 0 Å². The van der Waals surface area contributed by atoms with Crippen LogP contribution in [0.25, 0.3) is 0 Å². The van der Waals surface area contributed by atoms with Gasteiger partial charge in [0.05, 0.1) is 31.3 Å². The summed E-state index contributed by atoms with van der Waals surface area (Å²) in [6, 6.07) is -0.754. The predicted octanol–water partition coefficient (Wildman–Crippen LogP) is 8.70. The summed E-state index contributed by atoms with van der Waals surface area (Å²) in [5, 5.41) is 32.9. The highest BCUT2D eigenvalue weighted by atomic mass is 16.3. The Morgan fingerprint density at radius 1 is 0.625 bits per heavy atom. The topological polar surface area (TPSA) is 89.8 Å². The van der Waals surface area contributed by atoms with Crippen LogP contribution in [-0.2, 0) is 4.79 Å². The molecule has 5 nitrogen and oxygen atoms in total. The minimum Gasteiger partial charge on any atom is -0.394 e. The van der Waals surface area contributed by atoms with Gasteiger partial charge in [-0.05, 0) is 32.1 Å². The normalized spacial score (nSPS) is 14.2. The lowest BCUT2D eigenvalue weighted by Gasteiger charge is -2.21. The third kappa shape index (κ3) is 27.0. The number of aliphatic hydroxyl groups excluding tert-OH is 3. The van der Waals surface area contributed by atoms with E-state index in [0.29, 0.717) is 6.42 Å². The van der Waals surface area contributed by atoms with E-state index in [1.165, 1.54) is 109 Å². The van der Waals surface area contributed by atoms with Crippen LogP contribution in [0.1, 0.15) is 168 Å². The van der Waals surface area contributed by atoms with Gasteiger partial charge in [0, 0.05) is 0 Å². The first-order valence-corrected chi connectivity index (χ1v) is 17.1. The lowest BCUT2D eigenvalue weighted by molar-refractivity contribution is -0.124. The molecule has 236 valence electrons. The van der Waals surface area contributed by atoms with Crippen molar-refractivity contribution in [1.82, 2.24) is 5.32 Å². The van der Waals surface area contributed by atoms with E-state index < -0.39 is 18.2 Å². The molecule has 0 radical (unpaired) electrons. The van der Waals surface area contributed by atoms with E-state index >= 15 is 0 Å². The van der Waals surface area contributed by atoms with E-state index in [4.69, 9.17) is 0 Å². The molecule has 0 aliphatic rings. The summed E-state index contributed by atoms with van der Waals surface area (Å²) < 4.78 is 0. The van der Waals surface area contributed by atoms with Crippen molar-refractivity contribution in [3.63, 3.8) is 0 Å². The number of hydrogen-bond donors (Lipinski definition) is 4. The number of nitrogens with one attached hydrogen (secondary N) is 1. The maximum Gasteiger partial charge on any atom is 0.222 e. The Morgan fingerprint density at radius 3 is 1.60 bits per heavy atom. The molecule has 3 unspecified atom stereocenters. The Labute approximate surface area is 248 Å². The van der Waals surface area contributed by atoms with Crippen LogP contribution in [0.3, 0.4) is 0 Å². The van der Waals surface area contributed by atoms with Crippen molar-refractivity contribution in [2.24, 2.45) is 0 Å². The fraction of sp³-hybridized carbons (Fsp3) is 0.857. The van der Waals surface area contributed by atoms with E-state index in [-0.39, 0.29) is 18.9 Å². The van der Waals surface area contributed by atoms with Crippen LogP contribution in [-0.4, -0.2) is 46.1 Å². The summed E-state index contributed by atoms with van der Waals surface area (Å²) in [6.07, 6.45) is 34.4. The fourth-order valence-electron chi connectivity index (χ4n) is 5.06. The first-order chi connectivity index (χ1) is 19.5. The molecule has 0 bridgehead atoms. The molecule has 0 spiro atoms. The predicted molar refractivity (Wildman–Crippen MR) is 171 cm³/mol. The SMILES string of the molecule is CCCCCCCCCCC/C=C/CC/C=C/C(O)C(CO)NC(=O)CC(O)CCCCCCCCCCCC. The van der Waals surface area contributed by atoms with Crippen LogP contribution >= 0.6 is 0 Å². The molecule has 0 saturated carbocycles. The molecule has 1 amide bonds. The van der Waals surface area contributed by atoms with Crippen molar-refractivity contribution in [2.45, 2.75) is 186 Å². The molecule has 0 aromatic heterocycles. The zero-order valence-corrected chi connectivity index (χ0v) is 26.5. The first-order valence-electron chi connectivity index (χ1n) is 17.1. The highest BCUT2D eigenvalue weighted by Gasteiger charge is 2.20. The van der Waals surface area contributed by atoms with E-state index in [1.54, 1.807) is 6.08 Å². The molecular weight excluding hydrogens is 498 g/mol. The van der Waals surface area contributed by atoms with E-state index in [1.807, 2.05) is 6.08 Å². The first kappa shape index (κ1) is 38.8. The summed E-state index contributed by atoms with van der Waals surface area (Å²) in [5.74, 6) is -0.328. The Hall–Kier alpha value is -1.17. The third-order valence-electron chi connectivity index (χ3n) is 7.74. The zero-order valence-electron chi connectivity index (χ0n) is 26.5. The number of allylic oxidation sites excluding steroid dienone is 3. The van der Waals surface area contributed by atoms with Crippen molar-refractivity contribution in [3.8, 4) is 0 Å². The molecular formula is C35H67NO4. The number of hydrogen-bond acceptors (Lipinski definition) is 4. The molecule has 0 saturated heterocycles. The minimum absolute atomic E-state index is 0.00805. The van der Waals surface area contributed by atoms with Crippen molar-refractivity contribution >= 4 is 5.91 Å². The van der Waals surface area contributed by atoms with Gasteiger partial charge >= 0.3 is 0 Å². The number of amides is 1. The summed E-state index contributed by atoms with van der Waals surface area (Å²) in [7, 11) is 0.